The molecule has 0 saturated carbocycles. The number of rotatable bonds is 1. The summed E-state index contributed by atoms with van der Waals surface area (Å²) in [5.41, 5.74) is 0. The highest BCUT2D eigenvalue weighted by Crippen LogP contribution is 2.34. The van der Waals surface area contributed by atoms with Crippen molar-refractivity contribution in [1.29, 1.82) is 0 Å². The van der Waals surface area contributed by atoms with Gasteiger partial charge >= 0.3 is 0 Å². The summed E-state index contributed by atoms with van der Waals surface area (Å²) in [6.07, 6.45) is 2.01. The molecule has 3 heteroatoms. The fraction of sp³-hybridized carbons (Fsp3) is 1.00. The van der Waals surface area contributed by atoms with Gasteiger partial charge in [0.2, 0.25) is 0 Å². The molecule has 4 radical (unpaired) electrons. The van der Waals surface area contributed by atoms with Gasteiger partial charge in [-0.2, -0.15) is 0 Å². The minimum atomic E-state index is -0.510. The lowest BCUT2D eigenvalue weighted by molar-refractivity contribution is 0.0619. The topological polar surface area (TPSA) is 9.23 Å². The van der Waals surface area contributed by atoms with E-state index in [4.69, 9.17) is 20.4 Å². The summed E-state index contributed by atoms with van der Waals surface area (Å²) in [5.74, 6) is 0.432. The first kappa shape index (κ1) is 8.19. The molecule has 10 heavy (non-hydrogen) atoms. The van der Waals surface area contributed by atoms with E-state index in [1.807, 2.05) is 6.92 Å². The Bertz CT molecular complexity index is 103. The molecule has 0 spiro atoms. The van der Waals surface area contributed by atoms with E-state index in [1.54, 1.807) is 0 Å². The summed E-state index contributed by atoms with van der Waals surface area (Å²) in [5, 5.41) is -0.510. The molecule has 0 bridgehead atoms. The van der Waals surface area contributed by atoms with E-state index >= 15 is 0 Å². The summed E-state index contributed by atoms with van der Waals surface area (Å²) < 4.78 is 5.18. The Kier molecular flexibility index (Phi) is 2.45. The van der Waals surface area contributed by atoms with Crippen molar-refractivity contribution >= 4 is 15.7 Å². The SMILES string of the molecule is [B]C([B])(C)C1CCOCC1. The van der Waals surface area contributed by atoms with Crippen LogP contribution in [0.15, 0.2) is 0 Å². The van der Waals surface area contributed by atoms with Gasteiger partial charge in [0.15, 0.2) is 0 Å². The Balaban J connectivity index is 2.39. The van der Waals surface area contributed by atoms with E-state index in [2.05, 4.69) is 0 Å². The molecule has 1 fully saturated rings. The van der Waals surface area contributed by atoms with Crippen molar-refractivity contribution in [1.82, 2.24) is 0 Å². The Morgan fingerprint density at radius 2 is 1.80 bits per heavy atom. The van der Waals surface area contributed by atoms with Crippen molar-refractivity contribution in [3.63, 3.8) is 0 Å². The first-order valence-electron chi connectivity index (χ1n) is 3.76. The van der Waals surface area contributed by atoms with E-state index in [1.165, 1.54) is 0 Å². The molecule has 0 unspecified atom stereocenters. The van der Waals surface area contributed by atoms with Gasteiger partial charge < -0.3 is 4.74 Å². The van der Waals surface area contributed by atoms with Crippen molar-refractivity contribution in [2.75, 3.05) is 13.2 Å². The molecule has 0 atom stereocenters. The highest BCUT2D eigenvalue weighted by Gasteiger charge is 2.25. The maximum Gasteiger partial charge on any atom is 0.0620 e. The molecule has 0 aliphatic carbocycles. The second-order valence-electron chi connectivity index (χ2n) is 3.25. The Morgan fingerprint density at radius 3 is 2.10 bits per heavy atom. The molecular formula is C7H12B2O. The molecule has 0 aromatic heterocycles. The van der Waals surface area contributed by atoms with Crippen LogP contribution in [0.1, 0.15) is 19.8 Å². The molecule has 1 nitrogen and oxygen atoms in total. The molecular weight excluding hydrogens is 122 g/mol. The van der Waals surface area contributed by atoms with Gasteiger partial charge in [-0.1, -0.05) is 12.1 Å². The molecule has 0 aromatic rings. The zero-order valence-electron chi connectivity index (χ0n) is 6.47. The minimum Gasteiger partial charge on any atom is -0.381 e. The van der Waals surface area contributed by atoms with E-state index in [0.717, 1.165) is 26.1 Å². The van der Waals surface area contributed by atoms with Crippen LogP contribution >= 0.6 is 0 Å². The highest BCUT2D eigenvalue weighted by molar-refractivity contribution is 6.39. The van der Waals surface area contributed by atoms with Crippen LogP contribution in [0, 0.1) is 5.92 Å². The zero-order valence-corrected chi connectivity index (χ0v) is 6.47. The summed E-state index contributed by atoms with van der Waals surface area (Å²) in [6, 6.07) is 0. The largest absolute Gasteiger partial charge is 0.381 e. The third kappa shape index (κ3) is 2.05. The van der Waals surface area contributed by atoms with Crippen molar-refractivity contribution in [2.24, 2.45) is 5.92 Å². The van der Waals surface area contributed by atoms with Gasteiger partial charge in [0.05, 0.1) is 15.7 Å². The van der Waals surface area contributed by atoms with Crippen LogP contribution in [0.25, 0.3) is 0 Å². The zero-order chi connectivity index (χ0) is 7.61. The van der Waals surface area contributed by atoms with E-state index in [0.29, 0.717) is 5.92 Å². The van der Waals surface area contributed by atoms with Gasteiger partial charge in [0.1, 0.15) is 0 Å². The van der Waals surface area contributed by atoms with Crippen molar-refractivity contribution in [3.8, 4) is 0 Å². The van der Waals surface area contributed by atoms with Crippen LogP contribution in [-0.2, 0) is 4.74 Å². The first-order chi connectivity index (χ1) is 4.61. The summed E-state index contributed by atoms with van der Waals surface area (Å²) >= 11 is 0. The summed E-state index contributed by atoms with van der Waals surface area (Å²) in [7, 11) is 11.5. The lowest BCUT2D eigenvalue weighted by Gasteiger charge is -2.34. The summed E-state index contributed by atoms with van der Waals surface area (Å²) in [4.78, 5) is 0. The van der Waals surface area contributed by atoms with Crippen LogP contribution < -0.4 is 0 Å². The Labute approximate surface area is 65.3 Å². The smallest absolute Gasteiger partial charge is 0.0620 e. The predicted molar refractivity (Wildman–Crippen MR) is 43.4 cm³/mol. The Hall–Kier alpha value is 0.0899. The van der Waals surface area contributed by atoms with Gasteiger partial charge in [0.25, 0.3) is 0 Å². The molecule has 0 N–H and O–H groups in total. The van der Waals surface area contributed by atoms with Gasteiger partial charge in [-0.15, -0.1) is 0 Å². The maximum absolute atomic E-state index is 5.73. The van der Waals surface area contributed by atoms with E-state index < -0.39 is 5.21 Å². The van der Waals surface area contributed by atoms with Crippen molar-refractivity contribution in [2.45, 2.75) is 25.0 Å². The predicted octanol–water partition coefficient (Wildman–Crippen LogP) is 0.886. The average Bonchev–Trinajstić information content (AvgIpc) is 1.88. The highest BCUT2D eigenvalue weighted by atomic mass is 16.5. The van der Waals surface area contributed by atoms with Crippen molar-refractivity contribution in [3.05, 3.63) is 0 Å². The van der Waals surface area contributed by atoms with Crippen LogP contribution in [0.5, 0.6) is 0 Å². The third-order valence-electron chi connectivity index (χ3n) is 2.10. The van der Waals surface area contributed by atoms with Crippen molar-refractivity contribution < 1.29 is 4.74 Å². The molecule has 1 aliphatic heterocycles. The molecule has 0 amide bonds. The van der Waals surface area contributed by atoms with Gasteiger partial charge in [-0.05, 0) is 18.8 Å². The molecule has 1 rings (SSSR count). The normalized spacial score (nSPS) is 22.9. The molecule has 1 heterocycles. The third-order valence-corrected chi connectivity index (χ3v) is 2.10. The lowest BCUT2D eigenvalue weighted by Crippen LogP contribution is -2.27. The molecule has 52 valence electrons. The first-order valence-corrected chi connectivity index (χ1v) is 3.76. The van der Waals surface area contributed by atoms with Gasteiger partial charge in [-0.3, -0.25) is 0 Å². The van der Waals surface area contributed by atoms with Crippen LogP contribution in [0.2, 0.25) is 5.21 Å². The van der Waals surface area contributed by atoms with Gasteiger partial charge in [0, 0.05) is 13.2 Å². The second-order valence-corrected chi connectivity index (χ2v) is 3.25. The fourth-order valence-electron chi connectivity index (χ4n) is 1.32. The monoisotopic (exact) mass is 134 g/mol. The van der Waals surface area contributed by atoms with Crippen LogP contribution in [0.3, 0.4) is 0 Å². The maximum atomic E-state index is 5.73. The molecule has 1 aliphatic rings. The lowest BCUT2D eigenvalue weighted by atomic mass is 9.48. The Morgan fingerprint density at radius 1 is 1.30 bits per heavy atom. The van der Waals surface area contributed by atoms with E-state index in [-0.39, 0.29) is 0 Å². The second kappa shape index (κ2) is 3.00. The van der Waals surface area contributed by atoms with Crippen LogP contribution in [-0.4, -0.2) is 28.9 Å². The molecule has 0 aromatic carbocycles. The molecule has 1 saturated heterocycles. The van der Waals surface area contributed by atoms with Crippen LogP contribution in [0.4, 0.5) is 0 Å². The standard InChI is InChI=1S/C7H12B2O/c1-7(8,9)6-2-4-10-5-3-6/h6H,2-5H2,1H3. The minimum absolute atomic E-state index is 0.432. The fourth-order valence-corrected chi connectivity index (χ4v) is 1.32. The van der Waals surface area contributed by atoms with E-state index in [9.17, 15) is 0 Å². The quantitative estimate of drug-likeness (QED) is 0.483. The average molecular weight is 134 g/mol. The number of hydrogen-bond acceptors (Lipinski definition) is 1. The summed E-state index contributed by atoms with van der Waals surface area (Å²) in [6.45, 7) is 3.51. The number of ether oxygens (including phenoxy) is 1. The van der Waals surface area contributed by atoms with Gasteiger partial charge in [-0.25, -0.2) is 0 Å². The number of hydrogen-bond donors (Lipinski definition) is 0.